The van der Waals surface area contributed by atoms with Gasteiger partial charge in [-0.25, -0.2) is 4.79 Å². The minimum atomic E-state index is -1.33. The lowest BCUT2D eigenvalue weighted by Gasteiger charge is -2.25. The van der Waals surface area contributed by atoms with Gasteiger partial charge in [0.2, 0.25) is 0 Å². The average Bonchev–Trinajstić information content (AvgIpc) is 3.12. The first-order chi connectivity index (χ1) is 24.8. The maximum Gasteiger partial charge on any atom is 0.347 e. The topological polar surface area (TPSA) is 210 Å². The third kappa shape index (κ3) is 14.1. The van der Waals surface area contributed by atoms with E-state index < -0.39 is 17.2 Å². The number of nitrogens with two attached hydrogens (primary N) is 3. The molecular weight excluding hydrogens is 721 g/mol. The van der Waals surface area contributed by atoms with Crippen molar-refractivity contribution in [1.82, 2.24) is 0 Å². The first kappa shape index (κ1) is 43.4. The molecule has 0 aromatic heterocycles. The van der Waals surface area contributed by atoms with Gasteiger partial charge >= 0.3 is 5.97 Å². The van der Waals surface area contributed by atoms with Crippen molar-refractivity contribution in [2.75, 3.05) is 14.1 Å². The molecule has 0 saturated heterocycles. The summed E-state index contributed by atoms with van der Waals surface area (Å²) in [6.07, 6.45) is 0.0244. The van der Waals surface area contributed by atoms with E-state index in [1.165, 1.54) is 27.9 Å². The summed E-state index contributed by atoms with van der Waals surface area (Å²) >= 11 is 11.6. The number of hydrogen-bond acceptors (Lipinski definition) is 8. The Balaban J connectivity index is 0.000000329. The number of carboxylic acids is 1. The van der Waals surface area contributed by atoms with E-state index in [0.717, 1.165) is 0 Å². The van der Waals surface area contributed by atoms with E-state index in [1.807, 2.05) is 0 Å². The molecular formula is C39H43Cl2N5O7. The van der Waals surface area contributed by atoms with Crippen LogP contribution in [0.25, 0.3) is 0 Å². The maximum atomic E-state index is 12.5. The van der Waals surface area contributed by atoms with Crippen LogP contribution < -0.4 is 26.7 Å². The van der Waals surface area contributed by atoms with E-state index >= 15 is 0 Å². The van der Waals surface area contributed by atoms with Crippen molar-refractivity contribution in [1.29, 1.82) is 0 Å². The fraction of sp³-hybridized carbons (Fsp3) is 0.231. The number of ether oxygens (including phenoxy) is 2. The number of carbonyl (C=O) groups excluding carboxylic acids is 3. The number of aliphatic carboxylic acids is 1. The molecule has 0 bridgehead atoms. The molecule has 0 aliphatic carbocycles. The van der Waals surface area contributed by atoms with Crippen molar-refractivity contribution in [2.24, 2.45) is 27.2 Å². The molecule has 280 valence electrons. The first-order valence-corrected chi connectivity index (χ1v) is 16.7. The van der Waals surface area contributed by atoms with Gasteiger partial charge in [0, 0.05) is 46.4 Å². The molecule has 0 heterocycles. The Morgan fingerprint density at radius 2 is 0.887 bits per heavy atom. The highest BCUT2D eigenvalue weighted by molar-refractivity contribution is 6.31. The normalized spacial score (nSPS) is 11.1. The smallest absolute Gasteiger partial charge is 0.347 e. The van der Waals surface area contributed by atoms with Crippen molar-refractivity contribution >= 4 is 58.3 Å². The number of halogens is 2. The number of ketones is 3. The fourth-order valence-corrected chi connectivity index (χ4v) is 4.28. The molecule has 7 N–H and O–H groups in total. The highest BCUT2D eigenvalue weighted by atomic mass is 35.5. The molecule has 0 atom stereocenters. The molecule has 0 unspecified atom stereocenters. The number of rotatable bonds is 12. The standard InChI is InChI=1S/C20H21ClN2O3.C17H15ClO4.C2H7N3/c1-20(2,17(24)12-18(22)23-3)26-16-10-6-14(7-11-16)19(25)13-4-8-15(21)9-5-13;1-17(2,16(20)21)22-14-9-5-12(6-10-14)15(19)11-3-7-13(18)8-4-11;1-5-2(3)4/h4-11H,12H2,1-3H3,(H2,22,23);3-10H,1-2H3,(H,20,21);1H3,(H4,3,4,5). The van der Waals surface area contributed by atoms with E-state index in [1.54, 1.807) is 111 Å². The van der Waals surface area contributed by atoms with Gasteiger partial charge in [-0.1, -0.05) is 23.2 Å². The third-order valence-corrected chi connectivity index (χ3v) is 7.77. The number of guanidine groups is 1. The van der Waals surface area contributed by atoms with E-state index in [2.05, 4.69) is 9.98 Å². The number of benzene rings is 4. The number of nitrogens with zero attached hydrogens (tertiary/aromatic N) is 2. The van der Waals surface area contributed by atoms with Crippen LogP contribution in [0.1, 0.15) is 66.0 Å². The number of aliphatic imine (C=N–C) groups is 2. The lowest BCUT2D eigenvalue weighted by Crippen LogP contribution is -2.40. The second-order valence-corrected chi connectivity index (χ2v) is 13.1. The fourth-order valence-electron chi connectivity index (χ4n) is 4.03. The summed E-state index contributed by atoms with van der Waals surface area (Å²) in [4.78, 5) is 55.2. The summed E-state index contributed by atoms with van der Waals surface area (Å²) in [5.41, 5.74) is 14.9. The van der Waals surface area contributed by atoms with Crippen molar-refractivity contribution in [3.8, 4) is 11.5 Å². The molecule has 53 heavy (non-hydrogen) atoms. The molecule has 0 aliphatic heterocycles. The van der Waals surface area contributed by atoms with Gasteiger partial charge in [0.1, 0.15) is 17.3 Å². The summed E-state index contributed by atoms with van der Waals surface area (Å²) in [6, 6.07) is 26.3. The van der Waals surface area contributed by atoms with Gasteiger partial charge in [0.15, 0.2) is 34.5 Å². The van der Waals surface area contributed by atoms with Gasteiger partial charge < -0.3 is 31.8 Å². The second kappa shape index (κ2) is 19.8. The van der Waals surface area contributed by atoms with E-state index in [0.29, 0.717) is 43.8 Å². The Labute approximate surface area is 318 Å². The van der Waals surface area contributed by atoms with Gasteiger partial charge in [0.05, 0.1) is 6.42 Å². The highest BCUT2D eigenvalue weighted by Gasteiger charge is 2.30. The molecule has 4 aromatic carbocycles. The van der Waals surface area contributed by atoms with Crippen LogP contribution >= 0.6 is 23.2 Å². The Morgan fingerprint density at radius 1 is 0.585 bits per heavy atom. The monoisotopic (exact) mass is 763 g/mol. The van der Waals surface area contributed by atoms with Crippen LogP contribution in [0.3, 0.4) is 0 Å². The van der Waals surface area contributed by atoms with E-state index in [4.69, 9.17) is 55.0 Å². The summed E-state index contributed by atoms with van der Waals surface area (Å²) in [6.45, 7) is 6.26. The average molecular weight is 765 g/mol. The molecule has 12 nitrogen and oxygen atoms in total. The third-order valence-electron chi connectivity index (χ3n) is 7.27. The Kier molecular flexibility index (Phi) is 16.2. The number of hydrogen-bond donors (Lipinski definition) is 4. The zero-order valence-corrected chi connectivity index (χ0v) is 31.7. The quantitative estimate of drug-likeness (QED) is 0.0711. The van der Waals surface area contributed by atoms with Gasteiger partial charge in [-0.2, -0.15) is 0 Å². The maximum absolute atomic E-state index is 12.5. The molecule has 14 heteroatoms. The van der Waals surface area contributed by atoms with Crippen LogP contribution in [0.15, 0.2) is 107 Å². The zero-order chi connectivity index (χ0) is 39.9. The molecule has 0 amide bonds. The summed E-state index contributed by atoms with van der Waals surface area (Å²) in [5.74, 6) is -0.226. The SMILES string of the molecule is CC(C)(Oc1ccc(C(=O)c2ccc(Cl)cc2)cc1)C(=O)O.CN=C(N)CC(=O)C(C)(C)Oc1ccc(C(=O)c2ccc(Cl)cc2)cc1.CN=C(N)N. The molecule has 0 spiro atoms. The van der Waals surface area contributed by atoms with Gasteiger partial charge in [0.25, 0.3) is 0 Å². The van der Waals surface area contributed by atoms with Crippen molar-refractivity contribution in [3.05, 3.63) is 129 Å². The Morgan fingerprint density at radius 3 is 1.17 bits per heavy atom. The van der Waals surface area contributed by atoms with Gasteiger partial charge in [-0.3, -0.25) is 24.4 Å². The number of carbonyl (C=O) groups is 4. The van der Waals surface area contributed by atoms with Crippen molar-refractivity contribution in [3.63, 3.8) is 0 Å². The minimum absolute atomic E-state index is 0.0244. The predicted octanol–water partition coefficient (Wildman–Crippen LogP) is 6.38. The van der Waals surface area contributed by atoms with Crippen molar-refractivity contribution in [2.45, 2.75) is 45.3 Å². The van der Waals surface area contributed by atoms with Crippen LogP contribution in [-0.2, 0) is 9.59 Å². The number of carboxylic acid groups (broad SMARTS) is 1. The largest absolute Gasteiger partial charge is 0.480 e. The van der Waals surface area contributed by atoms with Crippen LogP contribution in [-0.4, -0.2) is 65.5 Å². The Hall–Kier alpha value is -5.72. The highest BCUT2D eigenvalue weighted by Crippen LogP contribution is 2.23. The van der Waals surface area contributed by atoms with E-state index in [9.17, 15) is 19.2 Å². The predicted molar refractivity (Wildman–Crippen MR) is 209 cm³/mol. The lowest BCUT2D eigenvalue weighted by molar-refractivity contribution is -0.152. The molecule has 0 fully saturated rings. The number of Topliss-reactive ketones (excluding diaryl/α,β-unsaturated/α-hetero) is 1. The first-order valence-electron chi connectivity index (χ1n) is 15.9. The van der Waals surface area contributed by atoms with E-state index in [-0.39, 0.29) is 35.6 Å². The zero-order valence-electron chi connectivity index (χ0n) is 30.2. The molecule has 0 radical (unpaired) electrons. The Bertz CT molecular complexity index is 1920. The van der Waals surface area contributed by atoms with Crippen LogP contribution in [0.5, 0.6) is 11.5 Å². The lowest BCUT2D eigenvalue weighted by atomic mass is 10.00. The summed E-state index contributed by atoms with van der Waals surface area (Å²) in [5, 5.41) is 10.2. The molecule has 0 saturated carbocycles. The van der Waals surface area contributed by atoms with Crippen molar-refractivity contribution < 1.29 is 33.8 Å². The van der Waals surface area contributed by atoms with Crippen LogP contribution in [0, 0.1) is 0 Å². The van der Waals surface area contributed by atoms with Gasteiger partial charge in [-0.15, -0.1) is 0 Å². The summed E-state index contributed by atoms with van der Waals surface area (Å²) in [7, 11) is 3.07. The molecule has 4 aromatic rings. The summed E-state index contributed by atoms with van der Waals surface area (Å²) < 4.78 is 11.2. The second-order valence-electron chi connectivity index (χ2n) is 12.2. The minimum Gasteiger partial charge on any atom is -0.480 e. The number of amidine groups is 1. The van der Waals surface area contributed by atoms with Crippen LogP contribution in [0.4, 0.5) is 0 Å². The molecule has 0 aliphatic rings. The van der Waals surface area contributed by atoms with Crippen LogP contribution in [0.2, 0.25) is 10.0 Å². The van der Waals surface area contributed by atoms with Gasteiger partial charge in [-0.05, 0) is 125 Å². The molecule has 4 rings (SSSR count).